The van der Waals surface area contributed by atoms with E-state index in [1.54, 1.807) is 0 Å². The van der Waals surface area contributed by atoms with Crippen molar-refractivity contribution in [3.8, 4) is 0 Å². The maximum Gasteiger partial charge on any atom is 0.0249 e. The van der Waals surface area contributed by atoms with Crippen molar-refractivity contribution < 1.29 is 0 Å². The quantitative estimate of drug-likeness (QED) is 0.795. The van der Waals surface area contributed by atoms with Crippen LogP contribution in [0.1, 0.15) is 72.1 Å². The second-order valence-electron chi connectivity index (χ2n) is 7.86. The third-order valence-corrected chi connectivity index (χ3v) is 5.56. The van der Waals surface area contributed by atoms with E-state index in [1.165, 1.54) is 57.9 Å². The maximum absolute atomic E-state index is 6.25. The molecular formula is C18H36N2. The van der Waals surface area contributed by atoms with E-state index in [2.05, 4.69) is 25.7 Å². The lowest BCUT2D eigenvalue weighted by Gasteiger charge is -2.43. The molecule has 2 saturated carbocycles. The van der Waals surface area contributed by atoms with Gasteiger partial charge < -0.3 is 5.73 Å². The zero-order valence-corrected chi connectivity index (χ0v) is 14.0. The highest BCUT2D eigenvalue weighted by Crippen LogP contribution is 2.35. The minimum absolute atomic E-state index is 0.642. The molecule has 0 aromatic rings. The topological polar surface area (TPSA) is 29.3 Å². The van der Waals surface area contributed by atoms with Gasteiger partial charge >= 0.3 is 0 Å². The SMILES string of the molecule is CC(C)CN(C1CCCC1)C(CN)C1CCCC(C)C1. The average Bonchev–Trinajstić information content (AvgIpc) is 2.92. The van der Waals surface area contributed by atoms with Crippen LogP contribution in [-0.4, -0.2) is 30.1 Å². The van der Waals surface area contributed by atoms with Crippen molar-refractivity contribution in [1.29, 1.82) is 0 Å². The second-order valence-corrected chi connectivity index (χ2v) is 7.86. The first-order valence-corrected chi connectivity index (χ1v) is 9.07. The van der Waals surface area contributed by atoms with Crippen LogP contribution in [-0.2, 0) is 0 Å². The van der Waals surface area contributed by atoms with Crippen molar-refractivity contribution in [2.75, 3.05) is 13.1 Å². The summed E-state index contributed by atoms with van der Waals surface area (Å²) in [6, 6.07) is 1.46. The van der Waals surface area contributed by atoms with Gasteiger partial charge in [-0.15, -0.1) is 0 Å². The van der Waals surface area contributed by atoms with E-state index in [-0.39, 0.29) is 0 Å². The van der Waals surface area contributed by atoms with Gasteiger partial charge in [0.05, 0.1) is 0 Å². The molecule has 118 valence electrons. The second kappa shape index (κ2) is 7.79. The number of hydrogen-bond donors (Lipinski definition) is 1. The van der Waals surface area contributed by atoms with Crippen LogP contribution in [0.3, 0.4) is 0 Å². The lowest BCUT2D eigenvalue weighted by atomic mass is 9.77. The summed E-state index contributed by atoms with van der Waals surface area (Å²) in [5.41, 5.74) is 6.25. The Bertz CT molecular complexity index is 271. The first-order valence-electron chi connectivity index (χ1n) is 9.07. The Morgan fingerprint density at radius 1 is 1.05 bits per heavy atom. The molecule has 2 N–H and O–H groups in total. The lowest BCUT2D eigenvalue weighted by molar-refractivity contribution is 0.0606. The van der Waals surface area contributed by atoms with Crippen LogP contribution in [0.25, 0.3) is 0 Å². The Labute approximate surface area is 126 Å². The van der Waals surface area contributed by atoms with Gasteiger partial charge in [0.1, 0.15) is 0 Å². The van der Waals surface area contributed by atoms with Gasteiger partial charge in [-0.2, -0.15) is 0 Å². The van der Waals surface area contributed by atoms with Crippen molar-refractivity contribution >= 4 is 0 Å². The Morgan fingerprint density at radius 3 is 2.30 bits per heavy atom. The fraction of sp³-hybridized carbons (Fsp3) is 1.00. The molecule has 2 aliphatic carbocycles. The van der Waals surface area contributed by atoms with Gasteiger partial charge in [0.25, 0.3) is 0 Å². The fourth-order valence-corrected chi connectivity index (χ4v) is 4.64. The lowest BCUT2D eigenvalue weighted by Crippen LogP contribution is -2.52. The smallest absolute Gasteiger partial charge is 0.0249 e. The van der Waals surface area contributed by atoms with Crippen LogP contribution in [0, 0.1) is 17.8 Å². The Kier molecular flexibility index (Phi) is 6.35. The molecule has 0 aromatic carbocycles. The molecule has 2 rings (SSSR count). The monoisotopic (exact) mass is 280 g/mol. The van der Waals surface area contributed by atoms with E-state index < -0.39 is 0 Å². The minimum atomic E-state index is 0.642. The molecule has 0 radical (unpaired) electrons. The summed E-state index contributed by atoms with van der Waals surface area (Å²) < 4.78 is 0. The molecule has 0 aliphatic heterocycles. The highest BCUT2D eigenvalue weighted by atomic mass is 15.2. The molecule has 2 fully saturated rings. The number of rotatable bonds is 6. The highest BCUT2D eigenvalue weighted by molar-refractivity contribution is 4.89. The number of hydrogen-bond acceptors (Lipinski definition) is 2. The molecule has 20 heavy (non-hydrogen) atoms. The van der Waals surface area contributed by atoms with Crippen LogP contribution in [0.2, 0.25) is 0 Å². The van der Waals surface area contributed by atoms with Crippen molar-refractivity contribution in [2.24, 2.45) is 23.5 Å². The van der Waals surface area contributed by atoms with Crippen LogP contribution >= 0.6 is 0 Å². The van der Waals surface area contributed by atoms with Crippen LogP contribution in [0.5, 0.6) is 0 Å². The Morgan fingerprint density at radius 2 is 1.75 bits per heavy atom. The zero-order valence-electron chi connectivity index (χ0n) is 14.0. The van der Waals surface area contributed by atoms with Gasteiger partial charge in [0.2, 0.25) is 0 Å². The third-order valence-electron chi connectivity index (χ3n) is 5.56. The fourth-order valence-electron chi connectivity index (χ4n) is 4.64. The highest BCUT2D eigenvalue weighted by Gasteiger charge is 2.34. The van der Waals surface area contributed by atoms with E-state index in [1.807, 2.05) is 0 Å². The summed E-state index contributed by atoms with van der Waals surface area (Å²) in [5, 5.41) is 0. The molecule has 2 aliphatic rings. The van der Waals surface area contributed by atoms with Crippen LogP contribution in [0.4, 0.5) is 0 Å². The zero-order chi connectivity index (χ0) is 14.5. The first kappa shape index (κ1) is 16.3. The van der Waals surface area contributed by atoms with E-state index in [9.17, 15) is 0 Å². The maximum atomic E-state index is 6.25. The van der Waals surface area contributed by atoms with Gasteiger partial charge in [0.15, 0.2) is 0 Å². The standard InChI is InChI=1S/C18H36N2/c1-14(2)13-20(17-9-4-5-10-17)18(12-19)16-8-6-7-15(3)11-16/h14-18H,4-13,19H2,1-3H3. The van der Waals surface area contributed by atoms with Gasteiger partial charge in [-0.3, -0.25) is 4.90 Å². The van der Waals surface area contributed by atoms with E-state index in [0.717, 1.165) is 30.3 Å². The molecule has 3 unspecified atom stereocenters. The van der Waals surface area contributed by atoms with Crippen molar-refractivity contribution in [2.45, 2.75) is 84.2 Å². The molecule has 2 heteroatoms. The predicted octanol–water partition coefficient (Wildman–Crippen LogP) is 4.04. The summed E-state index contributed by atoms with van der Waals surface area (Å²) >= 11 is 0. The number of nitrogens with zero attached hydrogens (tertiary/aromatic N) is 1. The first-order chi connectivity index (χ1) is 9.61. The molecular weight excluding hydrogens is 244 g/mol. The summed E-state index contributed by atoms with van der Waals surface area (Å²) in [6.45, 7) is 9.26. The third kappa shape index (κ3) is 4.21. The average molecular weight is 280 g/mol. The molecule has 0 amide bonds. The normalized spacial score (nSPS) is 30.3. The summed E-state index contributed by atoms with van der Waals surface area (Å²) in [4.78, 5) is 2.83. The van der Waals surface area contributed by atoms with Gasteiger partial charge in [-0.05, 0) is 43.4 Å². The van der Waals surface area contributed by atoms with E-state index in [4.69, 9.17) is 5.73 Å². The van der Waals surface area contributed by atoms with Crippen molar-refractivity contribution in [3.63, 3.8) is 0 Å². The molecule has 0 saturated heterocycles. The molecule has 2 nitrogen and oxygen atoms in total. The van der Waals surface area contributed by atoms with Gasteiger partial charge in [0, 0.05) is 25.2 Å². The minimum Gasteiger partial charge on any atom is -0.329 e. The molecule has 0 bridgehead atoms. The van der Waals surface area contributed by atoms with Gasteiger partial charge in [-0.25, -0.2) is 0 Å². The Balaban J connectivity index is 2.06. The molecule has 3 atom stereocenters. The van der Waals surface area contributed by atoms with E-state index >= 15 is 0 Å². The number of nitrogens with two attached hydrogens (primary N) is 1. The molecule has 0 spiro atoms. The van der Waals surface area contributed by atoms with Crippen molar-refractivity contribution in [1.82, 2.24) is 4.90 Å². The van der Waals surface area contributed by atoms with Crippen LogP contribution in [0.15, 0.2) is 0 Å². The van der Waals surface area contributed by atoms with Crippen molar-refractivity contribution in [3.05, 3.63) is 0 Å². The van der Waals surface area contributed by atoms with Crippen LogP contribution < -0.4 is 5.73 Å². The summed E-state index contributed by atoms with van der Waals surface area (Å²) in [6.07, 6.45) is 11.3. The van der Waals surface area contributed by atoms with E-state index in [0.29, 0.717) is 6.04 Å². The van der Waals surface area contributed by atoms with Gasteiger partial charge in [-0.1, -0.05) is 46.5 Å². The molecule has 0 heterocycles. The summed E-state index contributed by atoms with van der Waals surface area (Å²) in [5.74, 6) is 2.51. The Hall–Kier alpha value is -0.0800. The molecule has 0 aromatic heterocycles. The largest absolute Gasteiger partial charge is 0.329 e. The summed E-state index contributed by atoms with van der Waals surface area (Å²) in [7, 11) is 0. The predicted molar refractivity (Wildman–Crippen MR) is 87.8 cm³/mol.